The summed E-state index contributed by atoms with van der Waals surface area (Å²) in [6.45, 7) is 8.41. The van der Waals surface area contributed by atoms with Crippen molar-refractivity contribution in [1.82, 2.24) is 15.5 Å². The number of hydrogen-bond acceptors (Lipinski definition) is 5. The Bertz CT molecular complexity index is 474. The summed E-state index contributed by atoms with van der Waals surface area (Å²) in [6, 6.07) is 0.0566. The summed E-state index contributed by atoms with van der Waals surface area (Å²) in [5, 5.41) is 16.0. The van der Waals surface area contributed by atoms with Gasteiger partial charge in [0.25, 0.3) is 0 Å². The van der Waals surface area contributed by atoms with Gasteiger partial charge in [0.1, 0.15) is 9.84 Å². The Morgan fingerprint density at radius 1 is 1.38 bits per heavy atom. The van der Waals surface area contributed by atoms with Crippen molar-refractivity contribution in [1.29, 1.82) is 0 Å². The summed E-state index contributed by atoms with van der Waals surface area (Å²) in [5.74, 6) is 0.925. The molecule has 3 N–H and O–H groups in total. The zero-order chi connectivity index (χ0) is 18.0. The first kappa shape index (κ1) is 21.2. The van der Waals surface area contributed by atoms with Gasteiger partial charge in [0.15, 0.2) is 5.96 Å². The second kappa shape index (κ2) is 10.9. The average molecular weight is 363 g/mol. The van der Waals surface area contributed by atoms with E-state index in [-0.39, 0.29) is 17.9 Å². The van der Waals surface area contributed by atoms with Crippen molar-refractivity contribution in [3.8, 4) is 0 Å². The number of guanidine groups is 1. The fourth-order valence-electron chi connectivity index (χ4n) is 2.64. The first-order valence-electron chi connectivity index (χ1n) is 8.93. The second-order valence-electron chi connectivity index (χ2n) is 6.65. The molecule has 0 aliphatic carbocycles. The molecule has 1 saturated heterocycles. The van der Waals surface area contributed by atoms with E-state index in [9.17, 15) is 13.5 Å². The molecule has 0 aromatic carbocycles. The van der Waals surface area contributed by atoms with Crippen molar-refractivity contribution < 1.29 is 13.5 Å². The number of hydrogen-bond donors (Lipinski definition) is 3. The van der Waals surface area contributed by atoms with Crippen molar-refractivity contribution >= 4 is 15.8 Å². The van der Waals surface area contributed by atoms with Gasteiger partial charge < -0.3 is 20.6 Å². The predicted molar refractivity (Wildman–Crippen MR) is 99.2 cm³/mol. The zero-order valence-corrected chi connectivity index (χ0v) is 16.1. The molecule has 0 saturated carbocycles. The van der Waals surface area contributed by atoms with E-state index in [0.29, 0.717) is 6.42 Å². The molecule has 7 nitrogen and oxygen atoms in total. The highest BCUT2D eigenvalue weighted by atomic mass is 32.2. The second-order valence-corrected chi connectivity index (χ2v) is 8.91. The zero-order valence-electron chi connectivity index (χ0n) is 15.3. The number of piperidine rings is 1. The minimum absolute atomic E-state index is 0.0566. The van der Waals surface area contributed by atoms with Crippen molar-refractivity contribution in [3.63, 3.8) is 0 Å². The van der Waals surface area contributed by atoms with Gasteiger partial charge in [-0.05, 0) is 46.1 Å². The summed E-state index contributed by atoms with van der Waals surface area (Å²) < 4.78 is 22.5. The lowest BCUT2D eigenvalue weighted by Gasteiger charge is -2.29. The number of aliphatic imine (C=N–C) groups is 1. The third-order valence-corrected chi connectivity index (χ3v) is 5.09. The van der Waals surface area contributed by atoms with Crippen LogP contribution in [0.15, 0.2) is 4.99 Å². The molecule has 1 atom stereocenters. The topological polar surface area (TPSA) is 94.0 Å². The maximum absolute atomic E-state index is 11.2. The molecule has 0 spiro atoms. The van der Waals surface area contributed by atoms with E-state index in [0.717, 1.165) is 57.9 Å². The lowest BCUT2D eigenvalue weighted by atomic mass is 10.1. The van der Waals surface area contributed by atoms with Crippen LogP contribution in [0.1, 0.15) is 39.5 Å². The molecule has 0 aromatic rings. The Balaban J connectivity index is 2.30. The molecule has 0 radical (unpaired) electrons. The highest BCUT2D eigenvalue weighted by molar-refractivity contribution is 7.90. The Labute approximate surface area is 146 Å². The molecule has 0 amide bonds. The van der Waals surface area contributed by atoms with Crippen LogP contribution >= 0.6 is 0 Å². The summed E-state index contributed by atoms with van der Waals surface area (Å²) in [6.07, 6.45) is 4.41. The number of sulfone groups is 1. The van der Waals surface area contributed by atoms with Gasteiger partial charge >= 0.3 is 0 Å². The summed E-state index contributed by atoms with van der Waals surface area (Å²) in [5.41, 5.74) is 0. The smallest absolute Gasteiger partial charge is 0.191 e. The molecule has 0 aromatic heterocycles. The van der Waals surface area contributed by atoms with E-state index in [1.54, 1.807) is 0 Å². The highest BCUT2D eigenvalue weighted by Crippen LogP contribution is 2.09. The van der Waals surface area contributed by atoms with Gasteiger partial charge in [0.2, 0.25) is 0 Å². The summed E-state index contributed by atoms with van der Waals surface area (Å²) >= 11 is 0. The summed E-state index contributed by atoms with van der Waals surface area (Å²) in [7, 11) is -2.93. The third-order valence-electron chi connectivity index (χ3n) is 4.11. The van der Waals surface area contributed by atoms with Gasteiger partial charge in [0, 0.05) is 38.5 Å². The Kier molecular flexibility index (Phi) is 9.61. The van der Waals surface area contributed by atoms with Gasteiger partial charge in [-0.25, -0.2) is 8.42 Å². The van der Waals surface area contributed by atoms with E-state index in [2.05, 4.69) is 20.5 Å². The SMILES string of the molecule is CCNC(=NCCCN1CCC(O)CC1)NC(C)CCS(C)(=O)=O. The van der Waals surface area contributed by atoms with Crippen LogP contribution < -0.4 is 10.6 Å². The molecule has 1 fully saturated rings. The maximum atomic E-state index is 11.2. The van der Waals surface area contributed by atoms with E-state index < -0.39 is 9.84 Å². The van der Waals surface area contributed by atoms with Crippen LogP contribution in [0.4, 0.5) is 0 Å². The monoisotopic (exact) mass is 362 g/mol. The Morgan fingerprint density at radius 3 is 2.62 bits per heavy atom. The first-order valence-corrected chi connectivity index (χ1v) is 11.0. The van der Waals surface area contributed by atoms with E-state index in [1.807, 2.05) is 13.8 Å². The number of nitrogens with one attached hydrogen (secondary N) is 2. The third kappa shape index (κ3) is 10.1. The Hall–Kier alpha value is -0.860. The van der Waals surface area contributed by atoms with Crippen LogP contribution in [0.3, 0.4) is 0 Å². The van der Waals surface area contributed by atoms with Crippen LogP contribution in [-0.4, -0.2) is 81.3 Å². The van der Waals surface area contributed by atoms with Crippen molar-refractivity contribution in [3.05, 3.63) is 0 Å². The lowest BCUT2D eigenvalue weighted by Crippen LogP contribution is -2.43. The van der Waals surface area contributed by atoms with Crippen LogP contribution in [0.2, 0.25) is 0 Å². The minimum Gasteiger partial charge on any atom is -0.393 e. The maximum Gasteiger partial charge on any atom is 0.191 e. The molecule has 1 aliphatic heterocycles. The molecular formula is C16H34N4O3S. The van der Waals surface area contributed by atoms with Crippen molar-refractivity contribution in [2.45, 2.75) is 51.7 Å². The quantitative estimate of drug-likeness (QED) is 0.308. The number of likely N-dealkylation sites (tertiary alicyclic amines) is 1. The van der Waals surface area contributed by atoms with Gasteiger partial charge in [-0.15, -0.1) is 0 Å². The predicted octanol–water partition coefficient (Wildman–Crippen LogP) is 0.212. The molecule has 1 aliphatic rings. The molecule has 8 heteroatoms. The average Bonchev–Trinajstić information content (AvgIpc) is 2.51. The molecule has 1 unspecified atom stereocenters. The van der Waals surface area contributed by atoms with Gasteiger partial charge in [-0.1, -0.05) is 0 Å². The van der Waals surface area contributed by atoms with E-state index in [4.69, 9.17) is 0 Å². The van der Waals surface area contributed by atoms with Crippen LogP contribution in [0.5, 0.6) is 0 Å². The fourth-order valence-corrected chi connectivity index (χ4v) is 3.43. The lowest BCUT2D eigenvalue weighted by molar-refractivity contribution is 0.0824. The number of aliphatic hydroxyl groups excluding tert-OH is 1. The molecule has 24 heavy (non-hydrogen) atoms. The van der Waals surface area contributed by atoms with Gasteiger partial charge in [-0.3, -0.25) is 4.99 Å². The Morgan fingerprint density at radius 2 is 2.04 bits per heavy atom. The minimum atomic E-state index is -2.93. The van der Waals surface area contributed by atoms with E-state index in [1.165, 1.54) is 6.26 Å². The molecule has 142 valence electrons. The van der Waals surface area contributed by atoms with Gasteiger partial charge in [0.05, 0.1) is 11.9 Å². The number of nitrogens with zero attached hydrogens (tertiary/aromatic N) is 2. The van der Waals surface area contributed by atoms with E-state index >= 15 is 0 Å². The molecule has 1 rings (SSSR count). The molecular weight excluding hydrogens is 328 g/mol. The standard InChI is InChI=1S/C16H34N4O3S/c1-4-17-16(19-14(2)8-13-24(3,22)23)18-9-5-10-20-11-6-15(21)7-12-20/h14-15,21H,4-13H2,1-3H3,(H2,17,18,19). The van der Waals surface area contributed by atoms with Gasteiger partial charge in [-0.2, -0.15) is 0 Å². The number of aliphatic hydroxyl groups is 1. The number of rotatable bonds is 9. The van der Waals surface area contributed by atoms with Crippen LogP contribution in [0, 0.1) is 0 Å². The van der Waals surface area contributed by atoms with Crippen LogP contribution in [-0.2, 0) is 9.84 Å². The van der Waals surface area contributed by atoms with Crippen molar-refractivity contribution in [2.24, 2.45) is 4.99 Å². The first-order chi connectivity index (χ1) is 11.3. The van der Waals surface area contributed by atoms with Crippen LogP contribution in [0.25, 0.3) is 0 Å². The summed E-state index contributed by atoms with van der Waals surface area (Å²) in [4.78, 5) is 6.94. The fraction of sp³-hybridized carbons (Fsp3) is 0.938. The molecule has 0 bridgehead atoms. The highest BCUT2D eigenvalue weighted by Gasteiger charge is 2.16. The normalized spacial score (nSPS) is 19.2. The molecule has 1 heterocycles. The van der Waals surface area contributed by atoms with Crippen molar-refractivity contribution in [2.75, 3.05) is 44.7 Å². The largest absolute Gasteiger partial charge is 0.393 e.